The number of aliphatic hydroxyl groups is 1. The molecule has 0 saturated heterocycles. The lowest BCUT2D eigenvalue weighted by molar-refractivity contribution is 0.108. The van der Waals surface area contributed by atoms with Gasteiger partial charge in [0.15, 0.2) is 11.2 Å². The first-order valence-corrected chi connectivity index (χ1v) is 10.8. The summed E-state index contributed by atoms with van der Waals surface area (Å²) in [6.07, 6.45) is 4.25. The van der Waals surface area contributed by atoms with Crippen molar-refractivity contribution in [1.82, 2.24) is 23.6 Å². The Hall–Kier alpha value is -2.37. The van der Waals surface area contributed by atoms with Gasteiger partial charge in [-0.1, -0.05) is 32.6 Å². The molecule has 1 N–H and O–H groups in total. The second kappa shape index (κ2) is 10.6. The third-order valence-electron chi connectivity index (χ3n) is 5.42. The van der Waals surface area contributed by atoms with Crippen molar-refractivity contribution in [3.05, 3.63) is 27.2 Å². The molecule has 0 fully saturated rings. The molecule has 1 atom stereocenters. The van der Waals surface area contributed by atoms with Crippen LogP contribution >= 0.6 is 0 Å². The summed E-state index contributed by atoms with van der Waals surface area (Å²) in [6.45, 7) is 11.4. The first kappa shape index (κ1) is 23.9. The van der Waals surface area contributed by atoms with Crippen LogP contribution in [0.1, 0.15) is 53.4 Å². The standard InChI is InChI=1S/C22H35N5O3/c1-6-14-26-17-23-19-18(26)20(28)27(21(29)24(19)5)16-10-9-12-22(4,30)13-11-15-25(7-2)8-3/h17,30H,6-10,12,14-16H2,1-5H3. The van der Waals surface area contributed by atoms with E-state index >= 15 is 0 Å². The van der Waals surface area contributed by atoms with E-state index < -0.39 is 5.60 Å². The second-order valence-corrected chi connectivity index (χ2v) is 7.90. The van der Waals surface area contributed by atoms with Crippen molar-refractivity contribution in [2.75, 3.05) is 19.6 Å². The molecular weight excluding hydrogens is 382 g/mol. The topological polar surface area (TPSA) is 85.3 Å². The lowest BCUT2D eigenvalue weighted by Crippen LogP contribution is -2.39. The van der Waals surface area contributed by atoms with Crippen molar-refractivity contribution in [2.24, 2.45) is 7.05 Å². The van der Waals surface area contributed by atoms with E-state index in [1.165, 1.54) is 9.13 Å². The number of fused-ring (bicyclic) bond motifs is 1. The van der Waals surface area contributed by atoms with Gasteiger partial charge in [-0.15, -0.1) is 0 Å². The van der Waals surface area contributed by atoms with Crippen LogP contribution in [-0.4, -0.2) is 53.9 Å². The van der Waals surface area contributed by atoms with E-state index in [1.54, 1.807) is 20.3 Å². The summed E-state index contributed by atoms with van der Waals surface area (Å²) in [5.74, 6) is 6.00. The number of unbranched alkanes of at least 4 members (excludes halogenated alkanes) is 1. The Morgan fingerprint density at radius 1 is 1.17 bits per heavy atom. The molecule has 0 bridgehead atoms. The fourth-order valence-corrected chi connectivity index (χ4v) is 3.52. The lowest BCUT2D eigenvalue weighted by Gasteiger charge is -2.17. The summed E-state index contributed by atoms with van der Waals surface area (Å²) < 4.78 is 4.51. The quantitative estimate of drug-likeness (QED) is 0.469. The summed E-state index contributed by atoms with van der Waals surface area (Å²) in [7, 11) is 1.64. The van der Waals surface area contributed by atoms with Gasteiger partial charge < -0.3 is 9.67 Å². The highest BCUT2D eigenvalue weighted by atomic mass is 16.3. The first-order valence-electron chi connectivity index (χ1n) is 10.8. The predicted octanol–water partition coefficient (Wildman–Crippen LogP) is 1.57. The van der Waals surface area contributed by atoms with Gasteiger partial charge in [0.1, 0.15) is 5.60 Å². The Morgan fingerprint density at radius 2 is 1.87 bits per heavy atom. The normalized spacial score (nSPS) is 13.4. The fraction of sp³-hybridized carbons (Fsp3) is 0.682. The number of rotatable bonds is 10. The Morgan fingerprint density at radius 3 is 2.50 bits per heavy atom. The minimum absolute atomic E-state index is 0.301. The van der Waals surface area contributed by atoms with Gasteiger partial charge >= 0.3 is 5.69 Å². The maximum absolute atomic E-state index is 12.9. The van der Waals surface area contributed by atoms with Crippen molar-refractivity contribution < 1.29 is 5.11 Å². The average Bonchev–Trinajstić information content (AvgIpc) is 3.13. The molecule has 2 rings (SSSR count). The van der Waals surface area contributed by atoms with Crippen molar-refractivity contribution in [2.45, 2.75) is 72.1 Å². The number of nitrogens with zero attached hydrogens (tertiary/aromatic N) is 5. The van der Waals surface area contributed by atoms with E-state index in [0.29, 0.717) is 50.1 Å². The number of hydrogen-bond donors (Lipinski definition) is 1. The molecule has 0 aliphatic carbocycles. The highest BCUT2D eigenvalue weighted by Gasteiger charge is 2.18. The van der Waals surface area contributed by atoms with Crippen LogP contribution in [0.2, 0.25) is 0 Å². The molecule has 0 aliphatic rings. The van der Waals surface area contributed by atoms with Crippen LogP contribution in [0.5, 0.6) is 0 Å². The SMILES string of the molecule is CCCn1cnc2c1c(=O)n(CCCCC(C)(O)C#CCN(CC)CC)c(=O)n2C. The highest BCUT2D eigenvalue weighted by molar-refractivity contribution is 5.69. The first-order chi connectivity index (χ1) is 14.3. The molecule has 30 heavy (non-hydrogen) atoms. The third kappa shape index (κ3) is 5.61. The van der Waals surface area contributed by atoms with Crippen molar-refractivity contribution in [1.29, 1.82) is 0 Å². The molecule has 1 unspecified atom stereocenters. The Bertz CT molecular complexity index is 1020. The van der Waals surface area contributed by atoms with E-state index in [1.807, 2.05) is 11.5 Å². The molecule has 2 aromatic rings. The molecule has 0 spiro atoms. The lowest BCUT2D eigenvalue weighted by atomic mass is 9.99. The molecule has 166 valence electrons. The van der Waals surface area contributed by atoms with E-state index in [-0.39, 0.29) is 11.2 Å². The maximum atomic E-state index is 12.9. The average molecular weight is 418 g/mol. The molecule has 8 nitrogen and oxygen atoms in total. The van der Waals surface area contributed by atoms with Gasteiger partial charge in [-0.3, -0.25) is 18.8 Å². The summed E-state index contributed by atoms with van der Waals surface area (Å²) in [5, 5.41) is 10.5. The zero-order valence-corrected chi connectivity index (χ0v) is 18.9. The number of hydrogen-bond acceptors (Lipinski definition) is 5. The highest BCUT2D eigenvalue weighted by Crippen LogP contribution is 2.13. The Kier molecular flexibility index (Phi) is 8.44. The zero-order chi connectivity index (χ0) is 22.3. The van der Waals surface area contributed by atoms with Crippen LogP contribution in [0, 0.1) is 11.8 Å². The smallest absolute Gasteiger partial charge is 0.332 e. The van der Waals surface area contributed by atoms with Gasteiger partial charge in [0.2, 0.25) is 0 Å². The van der Waals surface area contributed by atoms with Crippen LogP contribution in [-0.2, 0) is 20.1 Å². The van der Waals surface area contributed by atoms with Crippen LogP contribution in [0.3, 0.4) is 0 Å². The van der Waals surface area contributed by atoms with Crippen molar-refractivity contribution >= 4 is 11.2 Å². The number of imidazole rings is 1. The van der Waals surface area contributed by atoms with Gasteiger partial charge in [-0.2, -0.15) is 0 Å². The van der Waals surface area contributed by atoms with Gasteiger partial charge in [-0.05, 0) is 45.7 Å². The minimum Gasteiger partial charge on any atom is -0.378 e. The van der Waals surface area contributed by atoms with Crippen LogP contribution in [0.15, 0.2) is 15.9 Å². The Labute approximate surface area is 178 Å². The second-order valence-electron chi connectivity index (χ2n) is 7.90. The van der Waals surface area contributed by atoms with Crippen molar-refractivity contribution in [3.8, 4) is 11.8 Å². The van der Waals surface area contributed by atoms with Crippen LogP contribution in [0.25, 0.3) is 11.2 Å². The molecule has 0 amide bonds. The maximum Gasteiger partial charge on any atom is 0.332 e. The van der Waals surface area contributed by atoms with Gasteiger partial charge in [0, 0.05) is 20.1 Å². The minimum atomic E-state index is -1.08. The van der Waals surface area contributed by atoms with E-state index in [0.717, 1.165) is 19.5 Å². The molecular formula is C22H35N5O3. The molecule has 0 aliphatic heterocycles. The predicted molar refractivity (Wildman–Crippen MR) is 120 cm³/mol. The van der Waals surface area contributed by atoms with Gasteiger partial charge in [-0.25, -0.2) is 9.78 Å². The van der Waals surface area contributed by atoms with Crippen LogP contribution < -0.4 is 11.2 Å². The fourth-order valence-electron chi connectivity index (χ4n) is 3.52. The van der Waals surface area contributed by atoms with E-state index in [9.17, 15) is 14.7 Å². The Balaban J connectivity index is 2.06. The molecule has 2 aromatic heterocycles. The van der Waals surface area contributed by atoms with Gasteiger partial charge in [0.05, 0.1) is 12.9 Å². The molecule has 0 aromatic carbocycles. The monoisotopic (exact) mass is 417 g/mol. The summed E-state index contributed by atoms with van der Waals surface area (Å²) in [5.41, 5.74) is -0.855. The van der Waals surface area contributed by atoms with Crippen LogP contribution in [0.4, 0.5) is 0 Å². The van der Waals surface area contributed by atoms with Crippen molar-refractivity contribution in [3.63, 3.8) is 0 Å². The van der Waals surface area contributed by atoms with E-state index in [2.05, 4.69) is 35.6 Å². The zero-order valence-electron chi connectivity index (χ0n) is 18.9. The molecule has 0 saturated carbocycles. The summed E-state index contributed by atoms with van der Waals surface area (Å²) >= 11 is 0. The van der Waals surface area contributed by atoms with E-state index in [4.69, 9.17) is 0 Å². The number of aryl methyl sites for hydroxylation is 2. The van der Waals surface area contributed by atoms with Gasteiger partial charge in [0.25, 0.3) is 5.56 Å². The summed E-state index contributed by atoms with van der Waals surface area (Å²) in [4.78, 5) is 32.0. The number of aromatic nitrogens is 4. The largest absolute Gasteiger partial charge is 0.378 e. The molecule has 2 heterocycles. The third-order valence-corrected chi connectivity index (χ3v) is 5.42. The molecule has 0 radical (unpaired) electrons. The summed E-state index contributed by atoms with van der Waals surface area (Å²) in [6, 6.07) is 0. The molecule has 8 heteroatoms.